The van der Waals surface area contributed by atoms with Crippen molar-refractivity contribution >= 4 is 31.9 Å². The van der Waals surface area contributed by atoms with Crippen LogP contribution in [-0.2, 0) is 14.8 Å². The highest BCUT2D eigenvalue weighted by Gasteiger charge is 2.43. The van der Waals surface area contributed by atoms with Crippen molar-refractivity contribution in [2.75, 3.05) is 26.2 Å². The molecule has 10 heteroatoms. The molecule has 1 unspecified atom stereocenters. The number of rotatable bonds is 3. The molecule has 0 spiro atoms. The van der Waals surface area contributed by atoms with Crippen molar-refractivity contribution in [3.05, 3.63) is 28.7 Å². The van der Waals surface area contributed by atoms with Crippen molar-refractivity contribution in [1.82, 2.24) is 9.21 Å². The molecular formula is C18H22BrF3N2O3S. The molecule has 2 fully saturated rings. The Bertz CT molecular complexity index is 824. The Labute approximate surface area is 171 Å². The van der Waals surface area contributed by atoms with Crippen LogP contribution in [0.4, 0.5) is 13.2 Å². The van der Waals surface area contributed by atoms with Crippen molar-refractivity contribution in [3.8, 4) is 0 Å². The minimum Gasteiger partial charge on any atom is -0.342 e. The first-order valence-corrected chi connectivity index (χ1v) is 11.4. The number of likely N-dealkylation sites (tertiary alicyclic amines) is 1. The SMILES string of the molecule is O=C(C1CCCN(S(=O)(=O)c2cccc(Br)c2)C1)N1CCC(C(F)(F)F)CC1. The molecule has 2 heterocycles. The summed E-state index contributed by atoms with van der Waals surface area (Å²) in [6.07, 6.45) is -3.33. The monoisotopic (exact) mass is 482 g/mol. The third kappa shape index (κ3) is 4.71. The summed E-state index contributed by atoms with van der Waals surface area (Å²) in [5.74, 6) is -2.12. The van der Waals surface area contributed by atoms with E-state index in [4.69, 9.17) is 0 Å². The van der Waals surface area contributed by atoms with Gasteiger partial charge < -0.3 is 4.90 Å². The van der Waals surface area contributed by atoms with Crippen LogP contribution in [0, 0.1) is 11.8 Å². The highest BCUT2D eigenvalue weighted by atomic mass is 79.9. The van der Waals surface area contributed by atoms with Crippen LogP contribution >= 0.6 is 15.9 Å². The second-order valence-corrected chi connectivity index (χ2v) is 10.2. The van der Waals surface area contributed by atoms with Gasteiger partial charge in [0.1, 0.15) is 0 Å². The minimum atomic E-state index is -4.23. The molecule has 2 aliphatic rings. The van der Waals surface area contributed by atoms with Gasteiger partial charge in [-0.05, 0) is 43.9 Å². The van der Waals surface area contributed by atoms with Crippen LogP contribution in [0.3, 0.4) is 0 Å². The van der Waals surface area contributed by atoms with Crippen LogP contribution < -0.4 is 0 Å². The Balaban J connectivity index is 1.66. The number of alkyl halides is 3. The quantitative estimate of drug-likeness (QED) is 0.660. The number of carbonyl (C=O) groups is 1. The van der Waals surface area contributed by atoms with Crippen molar-refractivity contribution < 1.29 is 26.4 Å². The fourth-order valence-corrected chi connectivity index (χ4v) is 5.95. The maximum absolute atomic E-state index is 12.9. The number of hydrogen-bond donors (Lipinski definition) is 0. The standard InChI is InChI=1S/C18H22BrF3N2O3S/c19-15-4-1-5-16(11-15)28(26,27)24-8-2-3-13(12-24)17(25)23-9-6-14(7-10-23)18(20,21)22/h1,4-5,11,13-14H,2-3,6-10,12H2. The third-order valence-corrected chi connectivity index (χ3v) is 7.79. The van der Waals surface area contributed by atoms with Gasteiger partial charge in [0, 0.05) is 30.7 Å². The number of benzene rings is 1. The summed E-state index contributed by atoms with van der Waals surface area (Å²) in [5, 5.41) is 0. The second-order valence-electron chi connectivity index (χ2n) is 7.30. The topological polar surface area (TPSA) is 57.7 Å². The fraction of sp³-hybridized carbons (Fsp3) is 0.611. The van der Waals surface area contributed by atoms with Gasteiger partial charge >= 0.3 is 6.18 Å². The number of sulfonamides is 1. The Morgan fingerprint density at radius 3 is 2.39 bits per heavy atom. The highest BCUT2D eigenvalue weighted by Crippen LogP contribution is 2.35. The molecule has 1 aromatic rings. The molecule has 5 nitrogen and oxygen atoms in total. The Morgan fingerprint density at radius 2 is 1.79 bits per heavy atom. The first kappa shape index (κ1) is 21.6. The van der Waals surface area contributed by atoms with E-state index in [0.29, 0.717) is 23.9 Å². The molecule has 28 heavy (non-hydrogen) atoms. The Kier molecular flexibility index (Phi) is 6.41. The molecule has 0 saturated carbocycles. The van der Waals surface area contributed by atoms with Crippen LogP contribution in [0.5, 0.6) is 0 Å². The number of amides is 1. The summed E-state index contributed by atoms with van der Waals surface area (Å²) < 4.78 is 66.2. The molecule has 0 bridgehead atoms. The maximum atomic E-state index is 12.9. The molecular weight excluding hydrogens is 461 g/mol. The van der Waals surface area contributed by atoms with Crippen LogP contribution in [0.25, 0.3) is 0 Å². The van der Waals surface area contributed by atoms with E-state index in [-0.39, 0.29) is 43.3 Å². The Hall–Kier alpha value is -1.13. The van der Waals surface area contributed by atoms with Gasteiger partial charge in [0.2, 0.25) is 15.9 Å². The lowest BCUT2D eigenvalue weighted by molar-refractivity contribution is -0.187. The molecule has 1 atom stereocenters. The molecule has 156 valence electrons. The van der Waals surface area contributed by atoms with E-state index in [2.05, 4.69) is 15.9 Å². The van der Waals surface area contributed by atoms with E-state index in [0.717, 1.165) is 0 Å². The van der Waals surface area contributed by atoms with E-state index in [1.165, 1.54) is 21.3 Å². The van der Waals surface area contributed by atoms with Gasteiger partial charge in [0.15, 0.2) is 0 Å². The van der Waals surface area contributed by atoms with Gasteiger partial charge in [-0.25, -0.2) is 8.42 Å². The van der Waals surface area contributed by atoms with Gasteiger partial charge in [-0.15, -0.1) is 0 Å². The Morgan fingerprint density at radius 1 is 1.11 bits per heavy atom. The molecule has 3 rings (SSSR count). The number of hydrogen-bond acceptors (Lipinski definition) is 3. The van der Waals surface area contributed by atoms with E-state index >= 15 is 0 Å². The summed E-state index contributed by atoms with van der Waals surface area (Å²) in [5.41, 5.74) is 0. The third-order valence-electron chi connectivity index (χ3n) is 5.44. The molecule has 1 amide bonds. The number of nitrogens with zero attached hydrogens (tertiary/aromatic N) is 2. The maximum Gasteiger partial charge on any atom is 0.391 e. The second kappa shape index (κ2) is 8.31. The normalized spacial score (nSPS) is 23.0. The predicted molar refractivity (Wildman–Crippen MR) is 101 cm³/mol. The predicted octanol–water partition coefficient (Wildman–Crippen LogP) is 3.65. The van der Waals surface area contributed by atoms with E-state index in [1.54, 1.807) is 12.1 Å². The molecule has 2 saturated heterocycles. The van der Waals surface area contributed by atoms with Crippen molar-refractivity contribution in [2.45, 2.75) is 36.8 Å². The largest absolute Gasteiger partial charge is 0.391 e. The van der Waals surface area contributed by atoms with Crippen molar-refractivity contribution in [1.29, 1.82) is 0 Å². The zero-order valence-corrected chi connectivity index (χ0v) is 17.6. The summed E-state index contributed by atoms with van der Waals surface area (Å²) in [7, 11) is -3.73. The summed E-state index contributed by atoms with van der Waals surface area (Å²) in [6.45, 7) is 0.525. The van der Waals surface area contributed by atoms with E-state index < -0.39 is 28.0 Å². The first-order chi connectivity index (χ1) is 13.1. The van der Waals surface area contributed by atoms with E-state index in [9.17, 15) is 26.4 Å². The molecule has 2 aliphatic heterocycles. The number of piperidine rings is 2. The van der Waals surface area contributed by atoms with Gasteiger partial charge in [0.25, 0.3) is 0 Å². The van der Waals surface area contributed by atoms with Crippen molar-refractivity contribution in [3.63, 3.8) is 0 Å². The average molecular weight is 483 g/mol. The number of carbonyl (C=O) groups excluding carboxylic acids is 1. The number of halogens is 4. The average Bonchev–Trinajstić information content (AvgIpc) is 2.67. The van der Waals surface area contributed by atoms with E-state index in [1.807, 2.05) is 0 Å². The lowest BCUT2D eigenvalue weighted by Gasteiger charge is -2.37. The lowest BCUT2D eigenvalue weighted by atomic mass is 9.93. The summed E-state index contributed by atoms with van der Waals surface area (Å²) >= 11 is 3.26. The molecule has 0 aliphatic carbocycles. The lowest BCUT2D eigenvalue weighted by Crippen LogP contribution is -2.49. The van der Waals surface area contributed by atoms with Gasteiger partial charge in [-0.2, -0.15) is 17.5 Å². The highest BCUT2D eigenvalue weighted by molar-refractivity contribution is 9.10. The van der Waals surface area contributed by atoms with Crippen LogP contribution in [-0.4, -0.2) is 55.9 Å². The molecule has 1 aromatic carbocycles. The van der Waals surface area contributed by atoms with Gasteiger partial charge in [-0.3, -0.25) is 4.79 Å². The minimum absolute atomic E-state index is 0.0624. The zero-order valence-electron chi connectivity index (χ0n) is 15.2. The van der Waals surface area contributed by atoms with Gasteiger partial charge in [-0.1, -0.05) is 22.0 Å². The van der Waals surface area contributed by atoms with Crippen LogP contribution in [0.1, 0.15) is 25.7 Å². The smallest absolute Gasteiger partial charge is 0.342 e. The zero-order chi connectivity index (χ0) is 20.5. The van der Waals surface area contributed by atoms with Crippen molar-refractivity contribution in [2.24, 2.45) is 11.8 Å². The van der Waals surface area contributed by atoms with Crippen LogP contribution in [0.2, 0.25) is 0 Å². The molecule has 0 N–H and O–H groups in total. The van der Waals surface area contributed by atoms with Gasteiger partial charge in [0.05, 0.1) is 16.7 Å². The summed E-state index contributed by atoms with van der Waals surface area (Å²) in [6, 6.07) is 6.39. The van der Waals surface area contributed by atoms with Crippen LogP contribution in [0.15, 0.2) is 33.6 Å². The molecule has 0 aromatic heterocycles. The molecule has 0 radical (unpaired) electrons. The first-order valence-electron chi connectivity index (χ1n) is 9.20. The fourth-order valence-electron chi connectivity index (χ4n) is 3.82. The summed E-state index contributed by atoms with van der Waals surface area (Å²) in [4.78, 5) is 14.4.